The lowest BCUT2D eigenvalue weighted by Gasteiger charge is -2.17. The molecule has 0 aliphatic rings. The predicted molar refractivity (Wildman–Crippen MR) is 104 cm³/mol. The van der Waals surface area contributed by atoms with Crippen molar-refractivity contribution in [2.75, 3.05) is 19.1 Å². The van der Waals surface area contributed by atoms with E-state index in [4.69, 9.17) is 4.74 Å². The van der Waals surface area contributed by atoms with Crippen molar-refractivity contribution >= 4 is 17.2 Å². The minimum absolute atomic E-state index is 0.137. The fourth-order valence-electron chi connectivity index (χ4n) is 2.96. The summed E-state index contributed by atoms with van der Waals surface area (Å²) in [7, 11) is 3.06. The monoisotopic (exact) mass is 394 g/mol. The summed E-state index contributed by atoms with van der Waals surface area (Å²) in [4.78, 5) is 22.5. The molecular weight excluding hydrogens is 378 g/mol. The molecule has 0 aliphatic carbocycles. The Hall–Kier alpha value is -3.81. The van der Waals surface area contributed by atoms with E-state index in [-0.39, 0.29) is 11.4 Å². The lowest BCUT2D eigenvalue weighted by atomic mass is 10.1. The van der Waals surface area contributed by atoms with Crippen molar-refractivity contribution in [1.82, 2.24) is 14.4 Å². The normalized spacial score (nSPS) is 10.9. The first-order valence-corrected chi connectivity index (χ1v) is 8.68. The highest BCUT2D eigenvalue weighted by molar-refractivity contribution is 6.04. The number of hydrogen-bond acceptors (Lipinski definition) is 4. The topological polar surface area (TPSA) is 59.7 Å². The van der Waals surface area contributed by atoms with Gasteiger partial charge in [0.2, 0.25) is 0 Å². The zero-order chi connectivity index (χ0) is 20.5. The number of halogens is 2. The van der Waals surface area contributed by atoms with Gasteiger partial charge in [-0.3, -0.25) is 9.20 Å². The third-order valence-corrected chi connectivity index (χ3v) is 4.60. The highest BCUT2D eigenvalue weighted by atomic mass is 19.2. The van der Waals surface area contributed by atoms with Crippen molar-refractivity contribution in [2.24, 2.45) is 0 Å². The summed E-state index contributed by atoms with van der Waals surface area (Å²) in [6.45, 7) is 0. The van der Waals surface area contributed by atoms with Crippen molar-refractivity contribution in [2.45, 2.75) is 0 Å². The maximum atomic E-state index is 13.5. The molecule has 0 saturated heterocycles. The predicted octanol–water partition coefficient (Wildman–Crippen LogP) is 3.96. The van der Waals surface area contributed by atoms with Gasteiger partial charge in [0.1, 0.15) is 11.4 Å². The standard InChI is InChI=1S/C21H16F2N4O2/c1-26(14-5-8-16(22)17(23)9-14)21(28)18-12-27-19(10-25-20(27)11-24-18)13-3-6-15(29-2)7-4-13/h3-12H,1-2H3. The molecule has 4 rings (SSSR count). The van der Waals surface area contributed by atoms with E-state index in [9.17, 15) is 13.6 Å². The molecule has 0 saturated carbocycles. The number of carbonyl (C=O) groups excluding carboxylic acids is 1. The van der Waals surface area contributed by atoms with Crippen molar-refractivity contribution in [3.05, 3.63) is 78.4 Å². The zero-order valence-electron chi connectivity index (χ0n) is 15.6. The number of nitrogens with zero attached hydrogens (tertiary/aromatic N) is 4. The van der Waals surface area contributed by atoms with Gasteiger partial charge in [-0.1, -0.05) is 0 Å². The molecular formula is C21H16F2N4O2. The fourth-order valence-corrected chi connectivity index (χ4v) is 2.96. The number of aromatic nitrogens is 3. The van der Waals surface area contributed by atoms with Gasteiger partial charge < -0.3 is 9.64 Å². The number of ether oxygens (including phenoxy) is 1. The Morgan fingerprint density at radius 1 is 1.03 bits per heavy atom. The van der Waals surface area contributed by atoms with Crippen LogP contribution >= 0.6 is 0 Å². The number of carbonyl (C=O) groups is 1. The van der Waals surface area contributed by atoms with Crippen molar-refractivity contribution in [1.29, 1.82) is 0 Å². The van der Waals surface area contributed by atoms with Crippen LogP contribution in [0, 0.1) is 11.6 Å². The van der Waals surface area contributed by atoms with Crippen LogP contribution in [0.1, 0.15) is 10.5 Å². The minimum Gasteiger partial charge on any atom is -0.497 e. The molecule has 0 fully saturated rings. The summed E-state index contributed by atoms with van der Waals surface area (Å²) in [5.41, 5.74) is 2.59. The van der Waals surface area contributed by atoms with Gasteiger partial charge in [-0.05, 0) is 36.4 Å². The molecule has 0 atom stereocenters. The Morgan fingerprint density at radius 2 is 1.79 bits per heavy atom. The minimum atomic E-state index is -1.03. The highest BCUT2D eigenvalue weighted by Crippen LogP contribution is 2.24. The van der Waals surface area contributed by atoms with Crippen LogP contribution in [0.3, 0.4) is 0 Å². The average molecular weight is 394 g/mol. The summed E-state index contributed by atoms with van der Waals surface area (Å²) in [5.74, 6) is -1.74. The molecule has 29 heavy (non-hydrogen) atoms. The van der Waals surface area contributed by atoms with E-state index in [0.29, 0.717) is 5.65 Å². The van der Waals surface area contributed by atoms with Crippen LogP contribution < -0.4 is 9.64 Å². The fraction of sp³-hybridized carbons (Fsp3) is 0.0952. The van der Waals surface area contributed by atoms with Gasteiger partial charge in [-0.2, -0.15) is 0 Å². The van der Waals surface area contributed by atoms with E-state index in [1.807, 2.05) is 24.3 Å². The van der Waals surface area contributed by atoms with Crippen LogP contribution in [0.4, 0.5) is 14.5 Å². The number of fused-ring (bicyclic) bond motifs is 1. The number of benzene rings is 2. The first-order chi connectivity index (χ1) is 14.0. The molecule has 0 aliphatic heterocycles. The van der Waals surface area contributed by atoms with E-state index >= 15 is 0 Å². The third kappa shape index (κ3) is 3.40. The van der Waals surface area contributed by atoms with E-state index in [0.717, 1.165) is 29.1 Å². The first-order valence-electron chi connectivity index (χ1n) is 8.68. The van der Waals surface area contributed by atoms with Gasteiger partial charge in [0.25, 0.3) is 5.91 Å². The van der Waals surface area contributed by atoms with Crippen LogP contribution in [0.5, 0.6) is 5.75 Å². The summed E-state index contributed by atoms with van der Waals surface area (Å²) >= 11 is 0. The molecule has 8 heteroatoms. The first kappa shape index (κ1) is 18.5. The summed E-state index contributed by atoms with van der Waals surface area (Å²) in [6.07, 6.45) is 4.74. The summed E-state index contributed by atoms with van der Waals surface area (Å²) < 4.78 is 33.6. The Morgan fingerprint density at radius 3 is 2.48 bits per heavy atom. The lowest BCUT2D eigenvalue weighted by Crippen LogP contribution is -2.27. The van der Waals surface area contributed by atoms with E-state index in [1.54, 1.807) is 23.9 Å². The summed E-state index contributed by atoms with van der Waals surface area (Å²) in [5, 5.41) is 0. The second-order valence-electron chi connectivity index (χ2n) is 6.34. The number of amides is 1. The van der Waals surface area contributed by atoms with Gasteiger partial charge in [-0.15, -0.1) is 0 Å². The van der Waals surface area contributed by atoms with Crippen LogP contribution in [0.25, 0.3) is 16.9 Å². The summed E-state index contributed by atoms with van der Waals surface area (Å²) in [6, 6.07) is 10.7. The van der Waals surface area contributed by atoms with Crippen molar-refractivity contribution < 1.29 is 18.3 Å². The van der Waals surface area contributed by atoms with Crippen molar-refractivity contribution in [3.63, 3.8) is 0 Å². The molecule has 1 amide bonds. The number of rotatable bonds is 4. The largest absolute Gasteiger partial charge is 0.497 e. The van der Waals surface area contributed by atoms with Crippen LogP contribution in [-0.4, -0.2) is 34.4 Å². The number of imidazole rings is 1. The smallest absolute Gasteiger partial charge is 0.278 e. The lowest BCUT2D eigenvalue weighted by molar-refractivity contribution is 0.0987. The third-order valence-electron chi connectivity index (χ3n) is 4.60. The molecule has 0 radical (unpaired) electrons. The van der Waals surface area contributed by atoms with Crippen LogP contribution in [-0.2, 0) is 0 Å². The maximum absolute atomic E-state index is 13.5. The Bertz CT molecular complexity index is 1210. The Balaban J connectivity index is 1.70. The highest BCUT2D eigenvalue weighted by Gasteiger charge is 2.18. The second-order valence-corrected chi connectivity index (χ2v) is 6.34. The molecule has 0 unspecified atom stereocenters. The zero-order valence-corrected chi connectivity index (χ0v) is 15.6. The molecule has 146 valence electrons. The molecule has 0 N–H and O–H groups in total. The number of methoxy groups -OCH3 is 1. The van der Waals surface area contributed by atoms with Gasteiger partial charge >= 0.3 is 0 Å². The molecule has 2 heterocycles. The van der Waals surface area contributed by atoms with E-state index in [1.165, 1.54) is 24.2 Å². The molecule has 6 nitrogen and oxygen atoms in total. The second kappa shape index (κ2) is 7.31. The quantitative estimate of drug-likeness (QED) is 0.526. The van der Waals surface area contributed by atoms with Gasteiger partial charge in [0.15, 0.2) is 17.3 Å². The molecule has 0 spiro atoms. The van der Waals surface area contributed by atoms with Crippen LogP contribution in [0.15, 0.2) is 61.1 Å². The number of hydrogen-bond donors (Lipinski definition) is 0. The van der Waals surface area contributed by atoms with Gasteiger partial charge in [-0.25, -0.2) is 18.7 Å². The molecule has 2 aromatic heterocycles. The molecule has 4 aromatic rings. The van der Waals surface area contributed by atoms with Crippen LogP contribution in [0.2, 0.25) is 0 Å². The van der Waals surface area contributed by atoms with Crippen molar-refractivity contribution in [3.8, 4) is 17.0 Å². The number of anilines is 1. The Kier molecular flexibility index (Phi) is 4.67. The van der Waals surface area contributed by atoms with E-state index < -0.39 is 17.5 Å². The SMILES string of the molecule is COc1ccc(-c2cnc3cnc(C(=O)N(C)c4ccc(F)c(F)c4)cn23)cc1. The van der Waals surface area contributed by atoms with Gasteiger partial charge in [0.05, 0.1) is 25.2 Å². The average Bonchev–Trinajstić information content (AvgIpc) is 3.18. The van der Waals surface area contributed by atoms with E-state index in [2.05, 4.69) is 9.97 Å². The van der Waals surface area contributed by atoms with Gasteiger partial charge in [0, 0.05) is 30.6 Å². The maximum Gasteiger partial charge on any atom is 0.278 e. The Labute approximate surface area is 165 Å². The molecule has 2 aromatic carbocycles. The molecule has 0 bridgehead atoms.